The zero-order valence-electron chi connectivity index (χ0n) is 14.5. The summed E-state index contributed by atoms with van der Waals surface area (Å²) in [4.78, 5) is 28.9. The van der Waals surface area contributed by atoms with Crippen molar-refractivity contribution in [3.63, 3.8) is 0 Å². The highest BCUT2D eigenvalue weighted by Gasteiger charge is 2.28. The third kappa shape index (κ3) is 3.68. The molecule has 0 atom stereocenters. The summed E-state index contributed by atoms with van der Waals surface area (Å²) in [6.45, 7) is 1.34. The maximum atomic E-state index is 12.6. The van der Waals surface area contributed by atoms with E-state index in [0.29, 0.717) is 13.1 Å². The molecule has 4 rings (SSSR count). The summed E-state index contributed by atoms with van der Waals surface area (Å²) in [5.74, 6) is -0.621. The van der Waals surface area contributed by atoms with Gasteiger partial charge in [-0.25, -0.2) is 8.42 Å². The van der Waals surface area contributed by atoms with Gasteiger partial charge in [-0.1, -0.05) is 0 Å². The Morgan fingerprint density at radius 3 is 2.67 bits per heavy atom. The topological polar surface area (TPSA) is 140 Å². The molecule has 0 radical (unpaired) electrons. The molecule has 4 N–H and O–H groups in total. The van der Waals surface area contributed by atoms with Crippen molar-refractivity contribution in [2.45, 2.75) is 36.6 Å². The van der Waals surface area contributed by atoms with Crippen molar-refractivity contribution in [2.75, 3.05) is 17.8 Å². The van der Waals surface area contributed by atoms with Crippen LogP contribution in [0, 0.1) is 0 Å². The Morgan fingerprint density at radius 1 is 1.22 bits per heavy atom. The highest BCUT2D eigenvalue weighted by atomic mass is 32.2. The molecule has 2 amide bonds. The predicted octanol–water partition coefficient (Wildman–Crippen LogP) is 0.667. The van der Waals surface area contributed by atoms with Gasteiger partial charge in [0.05, 0.1) is 6.20 Å². The van der Waals surface area contributed by atoms with Gasteiger partial charge in [0.1, 0.15) is 22.0 Å². The first-order chi connectivity index (χ1) is 12.9. The van der Waals surface area contributed by atoms with E-state index in [1.807, 2.05) is 0 Å². The molecule has 0 unspecified atom stereocenters. The van der Waals surface area contributed by atoms with Gasteiger partial charge in [0, 0.05) is 25.3 Å². The predicted molar refractivity (Wildman–Crippen MR) is 95.8 cm³/mol. The van der Waals surface area contributed by atoms with Crippen molar-refractivity contribution < 1.29 is 18.0 Å². The normalized spacial score (nSPS) is 17.1. The van der Waals surface area contributed by atoms with E-state index in [2.05, 4.69) is 25.2 Å². The van der Waals surface area contributed by atoms with Crippen molar-refractivity contribution in [2.24, 2.45) is 0 Å². The summed E-state index contributed by atoms with van der Waals surface area (Å²) in [6.07, 6.45) is 6.26. The quantitative estimate of drug-likeness (QED) is 0.572. The highest BCUT2D eigenvalue weighted by molar-refractivity contribution is 7.92. The molecule has 10 nitrogen and oxygen atoms in total. The van der Waals surface area contributed by atoms with Crippen LogP contribution in [0.3, 0.4) is 0 Å². The first-order valence-corrected chi connectivity index (χ1v) is 10.3. The second-order valence-corrected chi connectivity index (χ2v) is 8.44. The van der Waals surface area contributed by atoms with Crippen LogP contribution in [-0.2, 0) is 10.0 Å². The largest absolute Gasteiger partial charge is 0.356 e. The third-order valence-corrected chi connectivity index (χ3v) is 5.95. The second-order valence-electron chi connectivity index (χ2n) is 6.76. The molecular formula is C16H20N6O4S. The van der Waals surface area contributed by atoms with Gasteiger partial charge in [0.2, 0.25) is 0 Å². The first kappa shape index (κ1) is 17.6. The Balaban J connectivity index is 1.50. The number of likely N-dealkylation sites (tertiary alicyclic amines) is 1. The molecule has 27 heavy (non-hydrogen) atoms. The number of nitrogens with zero attached hydrogens (tertiary/aromatic N) is 2. The molecule has 0 spiro atoms. The summed E-state index contributed by atoms with van der Waals surface area (Å²) in [6, 6.07) is 1.43. The lowest BCUT2D eigenvalue weighted by Gasteiger charge is -2.13. The Bertz CT molecular complexity index is 969. The molecule has 11 heteroatoms. The van der Waals surface area contributed by atoms with Gasteiger partial charge < -0.3 is 15.2 Å². The number of aromatic amines is 2. The molecule has 1 saturated carbocycles. The average molecular weight is 392 g/mol. The standard InChI is InChI=1S/C16H20N6O4S/c23-15(19-10-3-4-10)12-9-18-20-14(12)21-27(25,26)11-7-13(17-8-11)16(24)22-5-1-2-6-22/h7-10,17H,1-6H2,(H,19,23)(H2,18,20,21). The minimum atomic E-state index is -3.99. The van der Waals surface area contributed by atoms with Gasteiger partial charge in [-0.15, -0.1) is 0 Å². The van der Waals surface area contributed by atoms with E-state index in [0.717, 1.165) is 25.7 Å². The number of nitrogens with one attached hydrogen (secondary N) is 4. The van der Waals surface area contributed by atoms with E-state index in [1.54, 1.807) is 4.90 Å². The minimum Gasteiger partial charge on any atom is -0.356 e. The van der Waals surface area contributed by atoms with Crippen LogP contribution in [-0.4, -0.2) is 59.4 Å². The summed E-state index contributed by atoms with van der Waals surface area (Å²) in [5, 5.41) is 9.03. The van der Waals surface area contributed by atoms with E-state index >= 15 is 0 Å². The van der Waals surface area contributed by atoms with Gasteiger partial charge in [-0.3, -0.25) is 19.4 Å². The molecule has 3 heterocycles. The first-order valence-electron chi connectivity index (χ1n) is 8.79. The van der Waals surface area contributed by atoms with E-state index in [9.17, 15) is 18.0 Å². The molecule has 2 aromatic heterocycles. The van der Waals surface area contributed by atoms with E-state index in [4.69, 9.17) is 0 Å². The monoisotopic (exact) mass is 392 g/mol. The number of anilines is 1. The van der Waals surface area contributed by atoms with Crippen LogP contribution in [0.25, 0.3) is 0 Å². The minimum absolute atomic E-state index is 0.0123. The van der Waals surface area contributed by atoms with Crippen LogP contribution in [0.1, 0.15) is 46.5 Å². The summed E-state index contributed by atoms with van der Waals surface area (Å²) >= 11 is 0. The van der Waals surface area contributed by atoms with Crippen molar-refractivity contribution >= 4 is 27.7 Å². The number of carbonyl (C=O) groups is 2. The van der Waals surface area contributed by atoms with Gasteiger partial charge in [-0.2, -0.15) is 5.10 Å². The second kappa shape index (κ2) is 6.72. The Kier molecular flexibility index (Phi) is 4.38. The fraction of sp³-hybridized carbons (Fsp3) is 0.438. The van der Waals surface area contributed by atoms with E-state index in [-0.39, 0.29) is 39.8 Å². The molecule has 2 aromatic rings. The van der Waals surface area contributed by atoms with E-state index in [1.165, 1.54) is 18.5 Å². The maximum absolute atomic E-state index is 12.6. The molecular weight excluding hydrogens is 372 g/mol. The van der Waals surface area contributed by atoms with Crippen molar-refractivity contribution in [3.05, 3.63) is 29.7 Å². The number of aromatic nitrogens is 3. The Hall–Kier alpha value is -2.82. The molecule has 1 aliphatic carbocycles. The van der Waals surface area contributed by atoms with E-state index < -0.39 is 10.0 Å². The van der Waals surface area contributed by atoms with Crippen LogP contribution in [0.15, 0.2) is 23.4 Å². The fourth-order valence-corrected chi connectivity index (χ4v) is 3.99. The molecule has 1 aliphatic heterocycles. The van der Waals surface area contributed by atoms with Gasteiger partial charge in [-0.05, 0) is 31.7 Å². The Morgan fingerprint density at radius 2 is 1.96 bits per heavy atom. The summed E-state index contributed by atoms with van der Waals surface area (Å²) in [7, 11) is -3.99. The number of sulfonamides is 1. The van der Waals surface area contributed by atoms with Gasteiger partial charge in [0.15, 0.2) is 0 Å². The summed E-state index contributed by atoms with van der Waals surface area (Å²) in [5.41, 5.74) is 0.336. The zero-order chi connectivity index (χ0) is 19.0. The highest BCUT2D eigenvalue weighted by Crippen LogP contribution is 2.22. The molecule has 0 bridgehead atoms. The number of carbonyl (C=O) groups excluding carboxylic acids is 2. The molecule has 144 valence electrons. The lowest BCUT2D eigenvalue weighted by molar-refractivity contribution is 0.0787. The number of amides is 2. The van der Waals surface area contributed by atoms with Crippen LogP contribution >= 0.6 is 0 Å². The molecule has 2 aliphatic rings. The third-order valence-electron chi connectivity index (χ3n) is 4.62. The van der Waals surface area contributed by atoms with Crippen molar-refractivity contribution in [1.29, 1.82) is 0 Å². The lowest BCUT2D eigenvalue weighted by Crippen LogP contribution is -2.27. The lowest BCUT2D eigenvalue weighted by atomic mass is 10.3. The van der Waals surface area contributed by atoms with Gasteiger partial charge in [0.25, 0.3) is 21.8 Å². The number of H-pyrrole nitrogens is 2. The fourth-order valence-electron chi connectivity index (χ4n) is 2.96. The summed E-state index contributed by atoms with van der Waals surface area (Å²) < 4.78 is 27.6. The average Bonchev–Trinajstić information content (AvgIpc) is 3.10. The van der Waals surface area contributed by atoms with Crippen LogP contribution in [0.4, 0.5) is 5.82 Å². The van der Waals surface area contributed by atoms with Crippen LogP contribution < -0.4 is 10.0 Å². The van der Waals surface area contributed by atoms with Gasteiger partial charge >= 0.3 is 0 Å². The number of hydrogen-bond donors (Lipinski definition) is 4. The smallest absolute Gasteiger partial charge is 0.270 e. The zero-order valence-corrected chi connectivity index (χ0v) is 15.3. The Labute approximate surface area is 155 Å². The van der Waals surface area contributed by atoms with Crippen LogP contribution in [0.2, 0.25) is 0 Å². The van der Waals surface area contributed by atoms with Crippen molar-refractivity contribution in [3.8, 4) is 0 Å². The van der Waals surface area contributed by atoms with Crippen molar-refractivity contribution in [1.82, 2.24) is 25.4 Å². The molecule has 1 saturated heterocycles. The maximum Gasteiger partial charge on any atom is 0.270 e. The SMILES string of the molecule is O=C(NC1CC1)c1cn[nH]c1NS(=O)(=O)c1c[nH]c(C(=O)N2CCCC2)c1. The van der Waals surface area contributed by atoms with Crippen LogP contribution in [0.5, 0.6) is 0 Å². The molecule has 2 fully saturated rings. The number of hydrogen-bond acceptors (Lipinski definition) is 5. The number of rotatable bonds is 6. The molecule has 0 aromatic carbocycles.